The number of unbranched alkanes of at least 4 members (excludes halogenated alkanes) is 14. The van der Waals surface area contributed by atoms with Crippen LogP contribution in [0.25, 0.3) is 6.08 Å². The molecule has 1 aromatic heterocycles. The van der Waals surface area contributed by atoms with Crippen molar-refractivity contribution >= 4 is 30.1 Å². The summed E-state index contributed by atoms with van der Waals surface area (Å²) in [5.41, 5.74) is 0.469. The Morgan fingerprint density at radius 1 is 0.596 bits per heavy atom. The molecule has 0 spiro atoms. The summed E-state index contributed by atoms with van der Waals surface area (Å²) in [6.07, 6.45) is -27.7. The zero-order chi connectivity index (χ0) is 72.5. The van der Waals surface area contributed by atoms with Crippen molar-refractivity contribution in [2.24, 2.45) is 0 Å². The first-order valence-corrected chi connectivity index (χ1v) is 34.4. The molecule has 568 valence electrons. The Morgan fingerprint density at radius 2 is 1.11 bits per heavy atom. The molecule has 1 aromatic rings. The zero-order valence-electron chi connectivity index (χ0n) is 56.2. The van der Waals surface area contributed by atoms with E-state index < -0.39 is 235 Å². The number of pyridine rings is 1. The fraction of sp³-hybridized carbons (Fsp3) is 0.831. The van der Waals surface area contributed by atoms with E-state index in [4.69, 9.17) is 47.4 Å². The van der Waals surface area contributed by atoms with Gasteiger partial charge in [0.1, 0.15) is 116 Å². The van der Waals surface area contributed by atoms with Gasteiger partial charge in [-0.3, -0.25) is 24.2 Å². The Bertz CT molecular complexity index is 2540. The number of aliphatic hydroxyl groups excluding tert-OH is 16. The van der Waals surface area contributed by atoms with Crippen LogP contribution in [0, 0.1) is 0 Å². The molecule has 5 aliphatic heterocycles. The first-order chi connectivity index (χ1) is 47.4. The number of aliphatic hydroxyl groups is 16. The third-order valence-electron chi connectivity index (χ3n) is 18.3. The molecule has 13 unspecified atom stereocenters. The number of carbonyl (C=O) groups excluding carboxylic acids is 4. The molecule has 3 amide bonds. The van der Waals surface area contributed by atoms with Gasteiger partial charge in [-0.25, -0.2) is 0 Å². The van der Waals surface area contributed by atoms with Crippen LogP contribution in [0.15, 0.2) is 30.5 Å². The number of hydrogen-bond donors (Lipinski definition) is 19. The molecular weight excluding hydrogens is 1320 g/mol. The maximum atomic E-state index is 13.6. The van der Waals surface area contributed by atoms with Crippen LogP contribution in [0.5, 0.6) is 0 Å². The second-order valence-electron chi connectivity index (χ2n) is 26.0. The predicted octanol–water partition coefficient (Wildman–Crippen LogP) is -5.08. The van der Waals surface area contributed by atoms with Crippen molar-refractivity contribution in [3.05, 3.63) is 36.2 Å². The average molecular weight is 1430 g/mol. The van der Waals surface area contributed by atoms with Crippen LogP contribution in [0.2, 0.25) is 0 Å². The molecule has 19 N–H and O–H groups in total. The van der Waals surface area contributed by atoms with Crippen LogP contribution in [0.4, 0.5) is 0 Å². The number of carbonyl (C=O) groups is 4. The van der Waals surface area contributed by atoms with Crippen molar-refractivity contribution in [1.29, 1.82) is 0 Å². The summed E-state index contributed by atoms with van der Waals surface area (Å²) in [4.78, 5) is 56.7. The lowest BCUT2D eigenvalue weighted by atomic mass is 9.88. The topological polar surface area (TPSA) is 533 Å². The number of aldehydes is 1. The van der Waals surface area contributed by atoms with Crippen molar-refractivity contribution < 1.29 is 148 Å². The largest absolute Gasteiger partial charge is 0.394 e. The van der Waals surface area contributed by atoms with Gasteiger partial charge in [0.15, 0.2) is 31.4 Å². The average Bonchev–Trinajstić information content (AvgIpc) is 0.757. The Hall–Kier alpha value is -4.07. The fourth-order valence-electron chi connectivity index (χ4n) is 12.8. The minimum atomic E-state index is -2.94. The number of amides is 3. The number of aromatic nitrogens is 1. The van der Waals surface area contributed by atoms with E-state index in [2.05, 4.69) is 27.9 Å². The Labute approximate surface area is 574 Å². The molecular formula is C65H108N4O30. The van der Waals surface area contributed by atoms with Crippen molar-refractivity contribution in [3.8, 4) is 0 Å². The molecule has 34 nitrogen and oxygen atoms in total. The van der Waals surface area contributed by atoms with E-state index in [-0.39, 0.29) is 12.7 Å². The zero-order valence-corrected chi connectivity index (χ0v) is 56.2. The third-order valence-corrected chi connectivity index (χ3v) is 18.3. The molecule has 99 heavy (non-hydrogen) atoms. The fourth-order valence-corrected chi connectivity index (χ4v) is 12.8. The van der Waals surface area contributed by atoms with Crippen molar-refractivity contribution in [1.82, 2.24) is 20.9 Å². The summed E-state index contributed by atoms with van der Waals surface area (Å²) in [6.45, 7) is -1.72. The Kier molecular flexibility index (Phi) is 35.6. The molecule has 0 saturated carbocycles. The van der Waals surface area contributed by atoms with Gasteiger partial charge in [-0.15, -0.1) is 0 Å². The molecule has 28 atom stereocenters. The van der Waals surface area contributed by atoms with E-state index in [1.54, 1.807) is 18.2 Å². The van der Waals surface area contributed by atoms with Crippen LogP contribution in [0.1, 0.15) is 136 Å². The maximum Gasteiger partial charge on any atom is 0.229 e. The SMILES string of the molecule is CCCCCCCCCCCCCCCCCC(=O)N[C@@H](CO[C@@H]1OC(CO)[C@@H](O[C@@H]2OC(CO)[C@H](O[C@@H]3OC(CO)[C@H](O)C(O[C@@H]4OC(CO)[C@H](O)C(O)C4O)C3NC(C)=O)C(O[C@]3(C=O)CC(O)[C@@H](NC(C)=O)C([C@H](O)[C@H](O)CO)O3)[C@@H]2O)C(O)C1O)[C@H](O)/C=C/c1ccccn1. The van der Waals surface area contributed by atoms with Gasteiger partial charge in [-0.05, 0) is 24.6 Å². The van der Waals surface area contributed by atoms with E-state index in [0.29, 0.717) is 12.1 Å². The predicted molar refractivity (Wildman–Crippen MR) is 340 cm³/mol. The summed E-state index contributed by atoms with van der Waals surface area (Å²) >= 11 is 0. The van der Waals surface area contributed by atoms with Crippen LogP contribution in [-0.2, 0) is 66.5 Å². The first-order valence-electron chi connectivity index (χ1n) is 34.4. The summed E-state index contributed by atoms with van der Waals surface area (Å²) < 4.78 is 60.1. The Balaban J connectivity index is 1.23. The van der Waals surface area contributed by atoms with E-state index in [1.165, 1.54) is 76.1 Å². The highest BCUT2D eigenvalue weighted by Crippen LogP contribution is 2.40. The number of hydrogen-bond acceptors (Lipinski definition) is 31. The molecule has 5 fully saturated rings. The molecule has 6 rings (SSSR count). The van der Waals surface area contributed by atoms with E-state index in [9.17, 15) is 101 Å². The van der Waals surface area contributed by atoms with Gasteiger partial charge in [0, 0.05) is 32.9 Å². The van der Waals surface area contributed by atoms with Crippen LogP contribution >= 0.6 is 0 Å². The van der Waals surface area contributed by atoms with E-state index >= 15 is 0 Å². The highest BCUT2D eigenvalue weighted by Gasteiger charge is 2.60. The summed E-state index contributed by atoms with van der Waals surface area (Å²) in [7, 11) is 0. The molecule has 5 saturated heterocycles. The molecule has 5 aliphatic rings. The van der Waals surface area contributed by atoms with Gasteiger partial charge in [-0.2, -0.15) is 0 Å². The van der Waals surface area contributed by atoms with Gasteiger partial charge in [-0.1, -0.05) is 109 Å². The van der Waals surface area contributed by atoms with Gasteiger partial charge >= 0.3 is 0 Å². The second kappa shape index (κ2) is 42.0. The number of ether oxygens (including phenoxy) is 10. The van der Waals surface area contributed by atoms with Crippen molar-refractivity contribution in [3.63, 3.8) is 0 Å². The minimum absolute atomic E-state index is 0.0711. The van der Waals surface area contributed by atoms with Gasteiger partial charge in [0.2, 0.25) is 23.5 Å². The lowest BCUT2D eigenvalue weighted by Crippen LogP contribution is -2.71. The molecule has 0 bridgehead atoms. The van der Waals surface area contributed by atoms with Crippen molar-refractivity contribution in [2.75, 3.05) is 39.6 Å². The quantitative estimate of drug-likeness (QED) is 0.0215. The standard InChI is InChI=1S/C65H108N4O30/c1-4-5-6-7-8-9-10-11-12-13-14-15-16-17-18-22-45(81)69-37(38(78)24-23-36-21-19-20-25-66-36)32-90-62-54(88)52(86)56(43(30-73)93-62)95-64-55(89)60(99-65(33-75)26-39(79)46(67-34(2)76)59(98-65)48(82)40(80)27-70)57(44(31-74)94-64)96-61-47(68-35(3)77)58(50(84)42(29-72)91-61)97-63-53(87)51(85)49(83)41(28-71)92-63/h19-21,23-25,33,37-44,46-64,70-74,78-80,82-89H,4-18,22,26-32H2,1-3H3,(H,67,76)(H,68,77)(H,69,81)/b24-23+/t37-,38+,39?,40+,41?,42?,43?,44?,46+,47?,48+,49-,50-,51?,52?,53?,54?,55-,56+,57-,58?,59?,60?,61-,62+,63-,64-,65-/m0/s1. The van der Waals surface area contributed by atoms with E-state index in [0.717, 1.165) is 46.0 Å². The molecule has 34 heteroatoms. The highest BCUT2D eigenvalue weighted by atomic mass is 16.8. The minimum Gasteiger partial charge on any atom is -0.394 e. The van der Waals surface area contributed by atoms with Crippen LogP contribution in [0.3, 0.4) is 0 Å². The first kappa shape index (κ1) is 83.9. The number of rotatable bonds is 41. The van der Waals surface area contributed by atoms with Gasteiger partial charge in [0.25, 0.3) is 0 Å². The maximum absolute atomic E-state index is 13.6. The molecule has 6 heterocycles. The van der Waals surface area contributed by atoms with Crippen LogP contribution in [-0.4, -0.2) is 321 Å². The lowest BCUT2D eigenvalue weighted by molar-refractivity contribution is -0.400. The third kappa shape index (κ3) is 23.7. The Morgan fingerprint density at radius 3 is 1.68 bits per heavy atom. The summed E-state index contributed by atoms with van der Waals surface area (Å²) in [5, 5.41) is 185. The lowest BCUT2D eigenvalue weighted by Gasteiger charge is -2.52. The summed E-state index contributed by atoms with van der Waals surface area (Å²) in [5.74, 6) is -5.08. The van der Waals surface area contributed by atoms with E-state index in [1.807, 2.05) is 0 Å². The molecule has 0 radical (unpaired) electrons. The van der Waals surface area contributed by atoms with Gasteiger partial charge in [0.05, 0.1) is 69.6 Å². The van der Waals surface area contributed by atoms with Crippen LogP contribution < -0.4 is 16.0 Å². The van der Waals surface area contributed by atoms with Crippen molar-refractivity contribution in [2.45, 2.75) is 301 Å². The number of nitrogens with zero attached hydrogens (tertiary/aromatic N) is 1. The van der Waals surface area contributed by atoms with Gasteiger partial charge < -0.3 is 145 Å². The summed E-state index contributed by atoms with van der Waals surface area (Å²) in [6, 6.07) is 0.374. The molecule has 0 aromatic carbocycles. The smallest absolute Gasteiger partial charge is 0.229 e. The number of nitrogens with one attached hydrogen (secondary N) is 3. The monoisotopic (exact) mass is 1420 g/mol. The normalized spacial score (nSPS) is 36.4. The second-order valence-corrected chi connectivity index (χ2v) is 26.0. The molecule has 0 aliphatic carbocycles. The highest BCUT2D eigenvalue weighted by molar-refractivity contribution is 5.76.